The van der Waals surface area contributed by atoms with Crippen LogP contribution in [0.3, 0.4) is 0 Å². The second kappa shape index (κ2) is 3.44. The van der Waals surface area contributed by atoms with Crippen LogP contribution in [-0.2, 0) is 4.79 Å². The molecule has 3 heteroatoms. The van der Waals surface area contributed by atoms with Gasteiger partial charge in [-0.1, -0.05) is 0 Å². The highest BCUT2D eigenvalue weighted by Gasteiger charge is 2.34. The summed E-state index contributed by atoms with van der Waals surface area (Å²) in [7, 11) is 3.62. The molecule has 0 radical (unpaired) electrons. The molecule has 0 spiro atoms. The Kier molecular flexibility index (Phi) is 2.73. The van der Waals surface area contributed by atoms with Crippen molar-refractivity contribution in [3.05, 3.63) is 0 Å². The topological polar surface area (TPSA) is 32.3 Å². The highest BCUT2D eigenvalue weighted by atomic mass is 16.2. The van der Waals surface area contributed by atoms with E-state index in [0.29, 0.717) is 0 Å². The largest absolute Gasteiger partial charge is 0.347 e. The van der Waals surface area contributed by atoms with Gasteiger partial charge >= 0.3 is 0 Å². The molecule has 1 aliphatic heterocycles. The van der Waals surface area contributed by atoms with Crippen LogP contribution in [0, 0.1) is 0 Å². The van der Waals surface area contributed by atoms with Gasteiger partial charge in [-0.25, -0.2) is 0 Å². The second-order valence-corrected chi connectivity index (χ2v) is 3.92. The predicted molar refractivity (Wildman–Crippen MR) is 49.0 cm³/mol. The minimum absolute atomic E-state index is 0.196. The monoisotopic (exact) mass is 170 g/mol. The molecule has 3 nitrogen and oxygen atoms in total. The molecule has 0 bridgehead atoms. The molecule has 1 rings (SSSR count). The van der Waals surface area contributed by atoms with Crippen LogP contribution < -0.4 is 5.32 Å². The summed E-state index contributed by atoms with van der Waals surface area (Å²) in [6, 6.07) is 0. The standard InChI is InChI=1S/C9H18N2O/c1-9(8(12)11(2)3)6-4-5-7-10-9/h10H,4-7H2,1-3H3. The van der Waals surface area contributed by atoms with Crippen LogP contribution >= 0.6 is 0 Å². The number of carbonyl (C=O) groups excluding carboxylic acids is 1. The number of hydrogen-bond acceptors (Lipinski definition) is 2. The van der Waals surface area contributed by atoms with Crippen LogP contribution in [0.1, 0.15) is 26.2 Å². The molecule has 0 aromatic heterocycles. The summed E-state index contributed by atoms with van der Waals surface area (Å²) in [4.78, 5) is 13.3. The number of amides is 1. The number of hydrogen-bond donors (Lipinski definition) is 1. The first-order valence-electron chi connectivity index (χ1n) is 4.53. The van der Waals surface area contributed by atoms with Gasteiger partial charge in [0.1, 0.15) is 0 Å². The van der Waals surface area contributed by atoms with Crippen molar-refractivity contribution in [1.82, 2.24) is 10.2 Å². The van der Waals surface area contributed by atoms with Gasteiger partial charge in [0, 0.05) is 14.1 Å². The molecule has 0 aromatic rings. The maximum atomic E-state index is 11.7. The van der Waals surface area contributed by atoms with Crippen LogP contribution in [0.5, 0.6) is 0 Å². The maximum Gasteiger partial charge on any atom is 0.242 e. The lowest BCUT2D eigenvalue weighted by Crippen LogP contribution is -2.56. The van der Waals surface area contributed by atoms with E-state index in [-0.39, 0.29) is 11.4 Å². The first-order chi connectivity index (χ1) is 5.56. The number of piperidine rings is 1. The molecule has 1 heterocycles. The summed E-state index contributed by atoms with van der Waals surface area (Å²) in [5, 5.41) is 3.29. The first-order valence-corrected chi connectivity index (χ1v) is 4.53. The second-order valence-electron chi connectivity index (χ2n) is 3.92. The summed E-state index contributed by atoms with van der Waals surface area (Å²) >= 11 is 0. The van der Waals surface area contributed by atoms with Gasteiger partial charge in [-0.15, -0.1) is 0 Å². The summed E-state index contributed by atoms with van der Waals surface area (Å²) in [6.07, 6.45) is 3.31. The molecule has 1 amide bonds. The predicted octanol–water partition coefficient (Wildman–Crippen LogP) is 0.607. The van der Waals surface area contributed by atoms with Crippen molar-refractivity contribution in [2.24, 2.45) is 0 Å². The molecule has 70 valence electrons. The molecule has 1 N–H and O–H groups in total. The molecule has 1 atom stereocenters. The SMILES string of the molecule is CN(C)C(=O)C1(C)CCCCN1. The van der Waals surface area contributed by atoms with Gasteiger partial charge in [-0.3, -0.25) is 4.79 Å². The zero-order valence-corrected chi connectivity index (χ0v) is 8.18. The maximum absolute atomic E-state index is 11.7. The van der Waals surface area contributed by atoms with Gasteiger partial charge in [0.25, 0.3) is 0 Å². The van der Waals surface area contributed by atoms with Crippen molar-refractivity contribution in [3.8, 4) is 0 Å². The minimum atomic E-state index is -0.304. The van der Waals surface area contributed by atoms with Crippen molar-refractivity contribution in [2.45, 2.75) is 31.7 Å². The molecule has 0 saturated carbocycles. The Hall–Kier alpha value is -0.570. The van der Waals surface area contributed by atoms with Gasteiger partial charge in [0.05, 0.1) is 5.54 Å². The van der Waals surface area contributed by atoms with E-state index in [1.165, 1.54) is 6.42 Å². The molecule has 0 aliphatic carbocycles. The molecule has 12 heavy (non-hydrogen) atoms. The van der Waals surface area contributed by atoms with E-state index in [2.05, 4.69) is 5.32 Å². The lowest BCUT2D eigenvalue weighted by atomic mass is 9.90. The van der Waals surface area contributed by atoms with E-state index >= 15 is 0 Å². The summed E-state index contributed by atoms with van der Waals surface area (Å²) < 4.78 is 0. The van der Waals surface area contributed by atoms with E-state index in [4.69, 9.17) is 0 Å². The van der Waals surface area contributed by atoms with Crippen LogP contribution in [0.15, 0.2) is 0 Å². The van der Waals surface area contributed by atoms with E-state index in [9.17, 15) is 4.79 Å². The van der Waals surface area contributed by atoms with Crippen molar-refractivity contribution in [2.75, 3.05) is 20.6 Å². The fraction of sp³-hybridized carbons (Fsp3) is 0.889. The van der Waals surface area contributed by atoms with Crippen molar-refractivity contribution in [1.29, 1.82) is 0 Å². The van der Waals surface area contributed by atoms with Crippen LogP contribution in [0.2, 0.25) is 0 Å². The molecule has 1 aliphatic rings. The van der Waals surface area contributed by atoms with Gasteiger partial charge in [0.2, 0.25) is 5.91 Å². The Bertz CT molecular complexity index is 171. The quantitative estimate of drug-likeness (QED) is 0.625. The molecular weight excluding hydrogens is 152 g/mol. The van der Waals surface area contributed by atoms with Gasteiger partial charge < -0.3 is 10.2 Å². The van der Waals surface area contributed by atoms with Gasteiger partial charge in [0.15, 0.2) is 0 Å². The van der Waals surface area contributed by atoms with Crippen LogP contribution in [0.4, 0.5) is 0 Å². The molecule has 1 fully saturated rings. The molecular formula is C9H18N2O. The zero-order valence-electron chi connectivity index (χ0n) is 8.18. The number of carbonyl (C=O) groups is 1. The number of nitrogens with one attached hydrogen (secondary N) is 1. The van der Waals surface area contributed by atoms with Crippen molar-refractivity contribution >= 4 is 5.91 Å². The number of rotatable bonds is 1. The van der Waals surface area contributed by atoms with Crippen LogP contribution in [-0.4, -0.2) is 37.0 Å². The molecule has 1 saturated heterocycles. The third-order valence-corrected chi connectivity index (χ3v) is 2.50. The number of likely N-dealkylation sites (N-methyl/N-ethyl adjacent to an activating group) is 1. The van der Waals surface area contributed by atoms with Gasteiger partial charge in [-0.05, 0) is 32.7 Å². The average Bonchev–Trinajstić information content (AvgIpc) is 2.04. The Labute approximate surface area is 74.1 Å². The lowest BCUT2D eigenvalue weighted by molar-refractivity contribution is -0.136. The summed E-state index contributed by atoms with van der Waals surface area (Å²) in [5.74, 6) is 0.196. The van der Waals surface area contributed by atoms with E-state index in [1.807, 2.05) is 21.0 Å². The van der Waals surface area contributed by atoms with E-state index in [1.54, 1.807) is 4.90 Å². The fourth-order valence-corrected chi connectivity index (χ4v) is 1.73. The van der Waals surface area contributed by atoms with Gasteiger partial charge in [-0.2, -0.15) is 0 Å². The Morgan fingerprint density at radius 2 is 2.08 bits per heavy atom. The van der Waals surface area contributed by atoms with E-state index < -0.39 is 0 Å². The Balaban J connectivity index is 2.62. The van der Waals surface area contributed by atoms with E-state index in [0.717, 1.165) is 19.4 Å². The third-order valence-electron chi connectivity index (χ3n) is 2.50. The third kappa shape index (κ3) is 1.78. The normalized spacial score (nSPS) is 29.9. The minimum Gasteiger partial charge on any atom is -0.347 e. The molecule has 1 unspecified atom stereocenters. The highest BCUT2D eigenvalue weighted by Crippen LogP contribution is 2.20. The fourth-order valence-electron chi connectivity index (χ4n) is 1.73. The van der Waals surface area contributed by atoms with Crippen LogP contribution in [0.25, 0.3) is 0 Å². The Morgan fingerprint density at radius 1 is 1.42 bits per heavy atom. The lowest BCUT2D eigenvalue weighted by Gasteiger charge is -2.35. The summed E-state index contributed by atoms with van der Waals surface area (Å²) in [6.45, 7) is 2.96. The average molecular weight is 170 g/mol. The molecule has 0 aromatic carbocycles. The smallest absolute Gasteiger partial charge is 0.242 e. The summed E-state index contributed by atoms with van der Waals surface area (Å²) in [5.41, 5.74) is -0.304. The highest BCUT2D eigenvalue weighted by molar-refractivity contribution is 5.85. The first kappa shape index (κ1) is 9.52. The number of nitrogens with zero attached hydrogens (tertiary/aromatic N) is 1. The van der Waals surface area contributed by atoms with Crippen molar-refractivity contribution in [3.63, 3.8) is 0 Å². The zero-order chi connectivity index (χ0) is 9.19. The Morgan fingerprint density at radius 3 is 2.50 bits per heavy atom. The van der Waals surface area contributed by atoms with Crippen molar-refractivity contribution < 1.29 is 4.79 Å².